The van der Waals surface area contributed by atoms with Crippen molar-refractivity contribution in [2.75, 3.05) is 5.84 Å². The highest BCUT2D eigenvalue weighted by Gasteiger charge is 2.01. The van der Waals surface area contributed by atoms with E-state index in [1.165, 1.54) is 6.20 Å². The minimum atomic E-state index is 0.576. The molecule has 0 unspecified atom stereocenters. The molecule has 12 heavy (non-hydrogen) atoms. The van der Waals surface area contributed by atoms with Crippen LogP contribution in [0.15, 0.2) is 35.8 Å². The monoisotopic (exact) mass is 163 g/mol. The first-order valence-electron chi connectivity index (χ1n) is 3.27. The Hall–Kier alpha value is -1.91. The van der Waals surface area contributed by atoms with E-state index < -0.39 is 0 Å². The summed E-state index contributed by atoms with van der Waals surface area (Å²) in [6.45, 7) is 6.95. The van der Waals surface area contributed by atoms with Gasteiger partial charge in [0.25, 0.3) is 0 Å². The van der Waals surface area contributed by atoms with E-state index >= 15 is 0 Å². The van der Waals surface area contributed by atoms with Gasteiger partial charge in [0.05, 0.1) is 6.20 Å². The van der Waals surface area contributed by atoms with Gasteiger partial charge in [-0.2, -0.15) is 15.0 Å². The van der Waals surface area contributed by atoms with Gasteiger partial charge in [-0.3, -0.25) is 0 Å². The fourth-order valence-corrected chi connectivity index (χ4v) is 0.721. The molecule has 0 saturated heterocycles. The highest BCUT2D eigenvalue weighted by atomic mass is 15.5. The summed E-state index contributed by atoms with van der Waals surface area (Å²) >= 11 is 0. The van der Waals surface area contributed by atoms with E-state index in [-0.39, 0.29) is 0 Å². The molecule has 2 N–H and O–H groups in total. The highest BCUT2D eigenvalue weighted by Crippen LogP contribution is 2.17. The molecule has 5 heteroatoms. The minimum absolute atomic E-state index is 0.576. The molecular formula is C7H9N5. The van der Waals surface area contributed by atoms with Crippen LogP contribution in [-0.2, 0) is 0 Å². The summed E-state index contributed by atoms with van der Waals surface area (Å²) in [5.41, 5.74) is 1.18. The van der Waals surface area contributed by atoms with Crippen LogP contribution in [0.1, 0.15) is 5.69 Å². The number of azo groups is 1. The van der Waals surface area contributed by atoms with E-state index in [1.54, 1.807) is 12.3 Å². The van der Waals surface area contributed by atoms with Crippen molar-refractivity contribution in [3.63, 3.8) is 0 Å². The Morgan fingerprint density at radius 1 is 1.58 bits per heavy atom. The van der Waals surface area contributed by atoms with E-state index in [2.05, 4.69) is 28.5 Å². The number of hydrogen-bond acceptors (Lipinski definition) is 4. The van der Waals surface area contributed by atoms with E-state index in [4.69, 9.17) is 5.84 Å². The lowest BCUT2D eigenvalue weighted by molar-refractivity contribution is 0.828. The van der Waals surface area contributed by atoms with Crippen LogP contribution in [0.4, 0.5) is 5.69 Å². The number of rotatable bonds is 3. The quantitative estimate of drug-likeness (QED) is 0.541. The van der Waals surface area contributed by atoms with Crippen molar-refractivity contribution in [3.8, 4) is 0 Å². The average molecular weight is 163 g/mol. The number of aromatic nitrogens is 2. The summed E-state index contributed by atoms with van der Waals surface area (Å²) in [6.07, 6.45) is 4.44. The zero-order valence-corrected chi connectivity index (χ0v) is 6.51. The van der Waals surface area contributed by atoms with Crippen LogP contribution >= 0.6 is 0 Å². The van der Waals surface area contributed by atoms with Gasteiger partial charge in [0.2, 0.25) is 0 Å². The molecule has 1 heterocycles. The van der Waals surface area contributed by atoms with Gasteiger partial charge in [-0.15, -0.1) is 5.11 Å². The second kappa shape index (κ2) is 3.47. The van der Waals surface area contributed by atoms with Gasteiger partial charge < -0.3 is 5.84 Å². The van der Waals surface area contributed by atoms with Crippen LogP contribution in [0.5, 0.6) is 0 Å². The largest absolute Gasteiger partial charge is 0.323 e. The van der Waals surface area contributed by atoms with Crippen molar-refractivity contribution in [1.82, 2.24) is 9.89 Å². The van der Waals surface area contributed by atoms with Crippen molar-refractivity contribution in [2.24, 2.45) is 10.2 Å². The van der Waals surface area contributed by atoms with Crippen LogP contribution < -0.4 is 5.84 Å². The molecule has 0 aliphatic heterocycles. The van der Waals surface area contributed by atoms with E-state index in [0.717, 1.165) is 4.79 Å². The topological polar surface area (TPSA) is 68.6 Å². The summed E-state index contributed by atoms with van der Waals surface area (Å²) < 4.78 is 0. The molecule has 1 aromatic heterocycles. The zero-order valence-electron chi connectivity index (χ0n) is 6.51. The third-order valence-electron chi connectivity index (χ3n) is 1.18. The lowest BCUT2D eigenvalue weighted by Crippen LogP contribution is -2.07. The molecule has 0 bridgehead atoms. The Labute approximate surface area is 69.9 Å². The first-order chi connectivity index (χ1) is 5.77. The van der Waals surface area contributed by atoms with Gasteiger partial charge in [-0.1, -0.05) is 13.2 Å². The van der Waals surface area contributed by atoms with Gasteiger partial charge in [-0.25, -0.2) is 0 Å². The van der Waals surface area contributed by atoms with Gasteiger partial charge in [0.1, 0.15) is 11.4 Å². The lowest BCUT2D eigenvalue weighted by Gasteiger charge is -1.82. The van der Waals surface area contributed by atoms with Crippen molar-refractivity contribution in [2.45, 2.75) is 0 Å². The normalized spacial score (nSPS) is 10.3. The van der Waals surface area contributed by atoms with Gasteiger partial charge in [-0.05, 0) is 6.08 Å². The van der Waals surface area contributed by atoms with E-state index in [1.807, 2.05) is 0 Å². The van der Waals surface area contributed by atoms with Gasteiger partial charge in [0.15, 0.2) is 0 Å². The molecule has 0 aliphatic carbocycles. The molecule has 5 nitrogen and oxygen atoms in total. The molecule has 0 saturated carbocycles. The number of nitrogen functional groups attached to an aromatic ring is 1. The predicted octanol–water partition coefficient (Wildman–Crippen LogP) is 1.47. The first-order valence-corrected chi connectivity index (χ1v) is 3.27. The van der Waals surface area contributed by atoms with Crippen molar-refractivity contribution < 1.29 is 0 Å². The maximum atomic E-state index is 5.36. The third kappa shape index (κ3) is 1.57. The molecule has 0 spiro atoms. The smallest absolute Gasteiger partial charge is 0.133 e. The molecule has 0 atom stereocenters. The molecular weight excluding hydrogens is 154 g/mol. The maximum absolute atomic E-state index is 5.36. The molecule has 0 radical (unpaired) electrons. The summed E-state index contributed by atoms with van der Waals surface area (Å²) in [5, 5.41) is 11.3. The minimum Gasteiger partial charge on any atom is -0.323 e. The average Bonchev–Trinajstić information content (AvgIpc) is 2.42. The molecule has 1 rings (SSSR count). The van der Waals surface area contributed by atoms with E-state index in [9.17, 15) is 0 Å². The van der Waals surface area contributed by atoms with E-state index in [0.29, 0.717) is 11.4 Å². The summed E-state index contributed by atoms with van der Waals surface area (Å²) in [7, 11) is 0. The molecule has 62 valence electrons. The predicted molar refractivity (Wildman–Crippen MR) is 47.2 cm³/mol. The third-order valence-corrected chi connectivity index (χ3v) is 1.18. The SMILES string of the molecule is C=CN=Nc1cn(N)nc1C=C. The highest BCUT2D eigenvalue weighted by molar-refractivity contribution is 5.57. The molecule has 0 aliphatic rings. The molecule has 0 aromatic carbocycles. The van der Waals surface area contributed by atoms with Gasteiger partial charge >= 0.3 is 0 Å². The van der Waals surface area contributed by atoms with Crippen LogP contribution in [0.25, 0.3) is 6.08 Å². The van der Waals surface area contributed by atoms with Crippen molar-refractivity contribution in [1.29, 1.82) is 0 Å². The number of nitrogens with two attached hydrogens (primary N) is 1. The first kappa shape index (κ1) is 8.19. The Morgan fingerprint density at radius 3 is 2.92 bits per heavy atom. The molecule has 1 aromatic rings. The van der Waals surface area contributed by atoms with Crippen LogP contribution in [-0.4, -0.2) is 9.89 Å². The Kier molecular flexibility index (Phi) is 2.37. The van der Waals surface area contributed by atoms with Crippen LogP contribution in [0, 0.1) is 0 Å². The van der Waals surface area contributed by atoms with Crippen molar-refractivity contribution in [3.05, 3.63) is 31.2 Å². The van der Waals surface area contributed by atoms with Crippen LogP contribution in [0.2, 0.25) is 0 Å². The number of hydrogen-bond donors (Lipinski definition) is 1. The van der Waals surface area contributed by atoms with Crippen LogP contribution in [0.3, 0.4) is 0 Å². The fourth-order valence-electron chi connectivity index (χ4n) is 0.721. The Balaban J connectivity index is 3.04. The number of nitrogens with zero attached hydrogens (tertiary/aromatic N) is 4. The lowest BCUT2D eigenvalue weighted by atomic mass is 10.4. The molecule has 0 amide bonds. The summed E-state index contributed by atoms with van der Waals surface area (Å²) in [6, 6.07) is 0. The Bertz CT molecular complexity index is 323. The second-order valence-electron chi connectivity index (χ2n) is 1.98. The zero-order chi connectivity index (χ0) is 8.97. The second-order valence-corrected chi connectivity index (χ2v) is 1.98. The summed E-state index contributed by atoms with van der Waals surface area (Å²) in [4.78, 5) is 1.16. The van der Waals surface area contributed by atoms with Crippen molar-refractivity contribution >= 4 is 11.8 Å². The molecule has 0 fully saturated rings. The summed E-state index contributed by atoms with van der Waals surface area (Å²) in [5.74, 6) is 5.36. The standard InChI is InChI=1S/C7H9N5/c1-3-6-7(10-9-4-2)5-12(8)11-6/h3-5H,1-2,8H2. The fraction of sp³-hybridized carbons (Fsp3) is 0. The maximum Gasteiger partial charge on any atom is 0.133 e. The van der Waals surface area contributed by atoms with Gasteiger partial charge in [0, 0.05) is 6.20 Å². The Morgan fingerprint density at radius 2 is 2.33 bits per heavy atom.